The number of nitrogens with zero attached hydrogens (tertiary/aromatic N) is 2. The number of hydrogen-bond donors (Lipinski definition) is 1. The van der Waals surface area contributed by atoms with Crippen molar-refractivity contribution in [1.82, 2.24) is 15.2 Å². The number of rotatable bonds is 3. The second-order valence-corrected chi connectivity index (χ2v) is 6.38. The van der Waals surface area contributed by atoms with Gasteiger partial charge in [-0.05, 0) is 46.8 Å². The molecule has 2 aliphatic heterocycles. The van der Waals surface area contributed by atoms with E-state index in [1.54, 1.807) is 0 Å². The minimum absolute atomic E-state index is 0.429. The minimum Gasteiger partial charge on any atom is -0.381 e. The van der Waals surface area contributed by atoms with Crippen molar-refractivity contribution < 1.29 is 4.74 Å². The number of halogens is 1. The van der Waals surface area contributed by atoms with Gasteiger partial charge in [-0.25, -0.2) is 4.98 Å². The SMILES string of the molecule is Brc1cccc([C@@H](C2CCOCC2)N2CCNCC2)n1. The first-order chi connectivity index (χ1) is 9.84. The summed E-state index contributed by atoms with van der Waals surface area (Å²) in [5.74, 6) is 0.656. The second-order valence-electron chi connectivity index (χ2n) is 5.57. The van der Waals surface area contributed by atoms with E-state index in [0.29, 0.717) is 12.0 Å². The van der Waals surface area contributed by atoms with Crippen LogP contribution >= 0.6 is 15.9 Å². The molecule has 1 N–H and O–H groups in total. The van der Waals surface area contributed by atoms with Crippen LogP contribution in [0, 0.1) is 5.92 Å². The molecule has 3 rings (SSSR count). The van der Waals surface area contributed by atoms with Crippen LogP contribution in [0.4, 0.5) is 0 Å². The van der Waals surface area contributed by atoms with E-state index in [0.717, 1.165) is 56.8 Å². The lowest BCUT2D eigenvalue weighted by Gasteiger charge is -2.40. The summed E-state index contributed by atoms with van der Waals surface area (Å²) >= 11 is 3.51. The molecule has 1 aromatic heterocycles. The van der Waals surface area contributed by atoms with Gasteiger partial charge in [-0.3, -0.25) is 4.90 Å². The fourth-order valence-electron chi connectivity index (χ4n) is 3.31. The van der Waals surface area contributed by atoms with Crippen LogP contribution in [-0.4, -0.2) is 49.3 Å². The molecule has 20 heavy (non-hydrogen) atoms. The normalized spacial score (nSPS) is 23.6. The molecular weight excluding hydrogens is 318 g/mol. The molecule has 110 valence electrons. The molecule has 1 aromatic rings. The van der Waals surface area contributed by atoms with Crippen molar-refractivity contribution in [1.29, 1.82) is 0 Å². The summed E-state index contributed by atoms with van der Waals surface area (Å²) in [4.78, 5) is 7.34. The van der Waals surface area contributed by atoms with Crippen molar-refractivity contribution in [3.05, 3.63) is 28.5 Å². The maximum Gasteiger partial charge on any atom is 0.106 e. The van der Waals surface area contributed by atoms with E-state index in [1.165, 1.54) is 5.69 Å². The second kappa shape index (κ2) is 6.98. The van der Waals surface area contributed by atoms with Crippen molar-refractivity contribution in [3.8, 4) is 0 Å². The van der Waals surface area contributed by atoms with Crippen molar-refractivity contribution in [2.45, 2.75) is 18.9 Å². The third-order valence-electron chi connectivity index (χ3n) is 4.30. The zero-order chi connectivity index (χ0) is 13.8. The highest BCUT2D eigenvalue weighted by Crippen LogP contribution is 2.34. The van der Waals surface area contributed by atoms with Gasteiger partial charge in [0.2, 0.25) is 0 Å². The molecule has 0 radical (unpaired) electrons. The van der Waals surface area contributed by atoms with Crippen LogP contribution in [0.15, 0.2) is 22.8 Å². The van der Waals surface area contributed by atoms with Gasteiger partial charge >= 0.3 is 0 Å². The number of piperazine rings is 1. The molecule has 0 saturated carbocycles. The van der Waals surface area contributed by atoms with Gasteiger partial charge in [-0.2, -0.15) is 0 Å². The van der Waals surface area contributed by atoms with Crippen LogP contribution in [0.5, 0.6) is 0 Å². The quantitative estimate of drug-likeness (QED) is 0.857. The molecule has 3 heterocycles. The molecule has 4 nitrogen and oxygen atoms in total. The molecule has 0 bridgehead atoms. The molecule has 1 atom stereocenters. The van der Waals surface area contributed by atoms with E-state index in [9.17, 15) is 0 Å². The lowest BCUT2D eigenvalue weighted by Crippen LogP contribution is -2.47. The number of hydrogen-bond acceptors (Lipinski definition) is 4. The van der Waals surface area contributed by atoms with Gasteiger partial charge in [0, 0.05) is 39.4 Å². The number of pyridine rings is 1. The summed E-state index contributed by atoms with van der Waals surface area (Å²) in [6, 6.07) is 6.70. The third-order valence-corrected chi connectivity index (χ3v) is 4.74. The van der Waals surface area contributed by atoms with Crippen LogP contribution in [0.1, 0.15) is 24.6 Å². The van der Waals surface area contributed by atoms with Crippen LogP contribution in [0.3, 0.4) is 0 Å². The molecule has 5 heteroatoms. The maximum absolute atomic E-state index is 5.54. The van der Waals surface area contributed by atoms with Crippen molar-refractivity contribution in [3.63, 3.8) is 0 Å². The van der Waals surface area contributed by atoms with E-state index in [4.69, 9.17) is 9.72 Å². The standard InChI is InChI=1S/C15H22BrN3O/c16-14-3-1-2-13(18-14)15(12-4-10-20-11-5-12)19-8-6-17-7-9-19/h1-3,12,15,17H,4-11H2/t15-/m1/s1. The van der Waals surface area contributed by atoms with E-state index in [1.807, 2.05) is 6.07 Å². The van der Waals surface area contributed by atoms with Gasteiger partial charge < -0.3 is 10.1 Å². The molecule has 0 unspecified atom stereocenters. The first-order valence-electron chi connectivity index (χ1n) is 7.49. The zero-order valence-electron chi connectivity index (χ0n) is 11.7. The summed E-state index contributed by atoms with van der Waals surface area (Å²) < 4.78 is 6.47. The monoisotopic (exact) mass is 339 g/mol. The van der Waals surface area contributed by atoms with Gasteiger partial charge in [0.15, 0.2) is 0 Å². The maximum atomic E-state index is 5.54. The van der Waals surface area contributed by atoms with Crippen LogP contribution in [0.25, 0.3) is 0 Å². The summed E-state index contributed by atoms with van der Waals surface area (Å²) in [6.07, 6.45) is 2.28. The summed E-state index contributed by atoms with van der Waals surface area (Å²) in [7, 11) is 0. The van der Waals surface area contributed by atoms with Crippen LogP contribution < -0.4 is 5.32 Å². The van der Waals surface area contributed by atoms with Crippen LogP contribution in [-0.2, 0) is 4.74 Å². The van der Waals surface area contributed by atoms with Crippen LogP contribution in [0.2, 0.25) is 0 Å². The predicted octanol–water partition coefficient (Wildman–Crippen LogP) is 2.22. The fourth-order valence-corrected chi connectivity index (χ4v) is 3.66. The Hall–Kier alpha value is -0.490. The van der Waals surface area contributed by atoms with E-state index < -0.39 is 0 Å². The number of nitrogens with one attached hydrogen (secondary N) is 1. The highest BCUT2D eigenvalue weighted by Gasteiger charge is 2.32. The predicted molar refractivity (Wildman–Crippen MR) is 82.7 cm³/mol. The zero-order valence-corrected chi connectivity index (χ0v) is 13.3. The largest absolute Gasteiger partial charge is 0.381 e. The third kappa shape index (κ3) is 3.39. The first kappa shape index (κ1) is 14.4. The topological polar surface area (TPSA) is 37.4 Å². The number of aromatic nitrogens is 1. The van der Waals surface area contributed by atoms with Gasteiger partial charge in [0.25, 0.3) is 0 Å². The molecule has 2 fully saturated rings. The Bertz CT molecular complexity index is 413. The molecule has 0 aromatic carbocycles. The lowest BCUT2D eigenvalue weighted by atomic mass is 9.88. The fraction of sp³-hybridized carbons (Fsp3) is 0.667. The molecule has 0 aliphatic carbocycles. The Morgan fingerprint density at radius 2 is 2.00 bits per heavy atom. The Balaban J connectivity index is 1.85. The highest BCUT2D eigenvalue weighted by atomic mass is 79.9. The first-order valence-corrected chi connectivity index (χ1v) is 8.29. The minimum atomic E-state index is 0.429. The lowest BCUT2D eigenvalue weighted by molar-refractivity contribution is 0.0200. The van der Waals surface area contributed by atoms with E-state index in [-0.39, 0.29) is 0 Å². The Labute approximate surface area is 129 Å². The Morgan fingerprint density at radius 3 is 2.70 bits per heavy atom. The number of ether oxygens (including phenoxy) is 1. The van der Waals surface area contributed by atoms with Gasteiger partial charge in [-0.15, -0.1) is 0 Å². The van der Waals surface area contributed by atoms with E-state index >= 15 is 0 Å². The summed E-state index contributed by atoms with van der Waals surface area (Å²) in [5, 5.41) is 3.44. The highest BCUT2D eigenvalue weighted by molar-refractivity contribution is 9.10. The molecule has 2 saturated heterocycles. The van der Waals surface area contributed by atoms with Gasteiger partial charge in [0.1, 0.15) is 4.60 Å². The Morgan fingerprint density at radius 1 is 1.25 bits per heavy atom. The molecular formula is C15H22BrN3O. The van der Waals surface area contributed by atoms with Crippen molar-refractivity contribution >= 4 is 15.9 Å². The summed E-state index contributed by atoms with van der Waals surface area (Å²) in [6.45, 7) is 6.15. The Kier molecular flexibility index (Phi) is 5.04. The molecule has 2 aliphatic rings. The molecule has 0 amide bonds. The summed E-state index contributed by atoms with van der Waals surface area (Å²) in [5.41, 5.74) is 1.20. The molecule has 0 spiro atoms. The smallest absolute Gasteiger partial charge is 0.106 e. The van der Waals surface area contributed by atoms with Crippen molar-refractivity contribution in [2.24, 2.45) is 5.92 Å². The average Bonchev–Trinajstić information content (AvgIpc) is 2.50. The van der Waals surface area contributed by atoms with Crippen molar-refractivity contribution in [2.75, 3.05) is 39.4 Å². The van der Waals surface area contributed by atoms with E-state index in [2.05, 4.69) is 38.3 Å². The average molecular weight is 340 g/mol. The van der Waals surface area contributed by atoms with Gasteiger partial charge in [-0.1, -0.05) is 6.07 Å². The van der Waals surface area contributed by atoms with Gasteiger partial charge in [0.05, 0.1) is 11.7 Å².